The molecule has 0 bridgehead atoms. The van der Waals surface area contributed by atoms with E-state index in [4.69, 9.17) is 5.11 Å². The van der Waals surface area contributed by atoms with E-state index in [-0.39, 0.29) is 11.6 Å². The molecule has 0 spiro atoms. The number of nitrogens with zero attached hydrogens (tertiary/aromatic N) is 1. The van der Waals surface area contributed by atoms with Crippen LogP contribution in [0.25, 0.3) is 0 Å². The molecule has 1 aliphatic rings. The Morgan fingerprint density at radius 3 is 2.58 bits per heavy atom. The molecule has 3 N–H and O–H groups in total. The maximum Gasteiger partial charge on any atom is 0.335 e. The quantitative estimate of drug-likeness (QED) is 0.778. The first-order valence-corrected chi connectivity index (χ1v) is 6.31. The Hall–Kier alpha value is -2.08. The molecule has 19 heavy (non-hydrogen) atoms. The van der Waals surface area contributed by atoms with E-state index in [1.165, 1.54) is 18.6 Å². The van der Waals surface area contributed by atoms with E-state index in [0.717, 1.165) is 25.9 Å². The summed E-state index contributed by atoms with van der Waals surface area (Å²) in [6.45, 7) is 1.70. The summed E-state index contributed by atoms with van der Waals surface area (Å²) in [6, 6.07) is 5.82. The number of amides is 2. The van der Waals surface area contributed by atoms with E-state index in [1.807, 2.05) is 5.01 Å². The Kier molecular flexibility index (Phi) is 4.35. The van der Waals surface area contributed by atoms with Gasteiger partial charge in [-0.2, -0.15) is 0 Å². The van der Waals surface area contributed by atoms with Crippen LogP contribution >= 0.6 is 0 Å². The first-order chi connectivity index (χ1) is 9.15. The largest absolute Gasteiger partial charge is 0.478 e. The average Bonchev–Trinajstić information content (AvgIpc) is 2.40. The number of piperidine rings is 1. The van der Waals surface area contributed by atoms with Crippen molar-refractivity contribution in [3.63, 3.8) is 0 Å². The van der Waals surface area contributed by atoms with E-state index in [0.29, 0.717) is 5.69 Å². The molecule has 6 nitrogen and oxygen atoms in total. The molecule has 0 saturated carbocycles. The van der Waals surface area contributed by atoms with Gasteiger partial charge in [-0.3, -0.25) is 5.43 Å². The second-order valence-electron chi connectivity index (χ2n) is 4.50. The fraction of sp³-hybridized carbons (Fsp3) is 0.385. The SMILES string of the molecule is O=C(Nc1cccc(C(=O)O)c1)NN1CCCCC1. The first-order valence-electron chi connectivity index (χ1n) is 6.31. The number of benzene rings is 1. The third kappa shape index (κ3) is 3.96. The number of hydrogen-bond acceptors (Lipinski definition) is 3. The molecule has 1 fully saturated rings. The lowest BCUT2D eigenvalue weighted by Crippen LogP contribution is -2.46. The van der Waals surface area contributed by atoms with Gasteiger partial charge in [-0.1, -0.05) is 12.5 Å². The van der Waals surface area contributed by atoms with Gasteiger partial charge in [0, 0.05) is 18.8 Å². The van der Waals surface area contributed by atoms with Gasteiger partial charge in [-0.05, 0) is 31.0 Å². The molecular formula is C13H17N3O3. The fourth-order valence-electron chi connectivity index (χ4n) is 2.04. The summed E-state index contributed by atoms with van der Waals surface area (Å²) in [5.41, 5.74) is 3.37. The summed E-state index contributed by atoms with van der Waals surface area (Å²) in [5, 5.41) is 13.4. The summed E-state index contributed by atoms with van der Waals surface area (Å²) in [4.78, 5) is 22.6. The lowest BCUT2D eigenvalue weighted by Gasteiger charge is -2.26. The molecule has 1 aliphatic heterocycles. The molecule has 0 unspecified atom stereocenters. The standard InChI is InChI=1S/C13H17N3O3/c17-12(18)10-5-4-6-11(9-10)14-13(19)15-16-7-2-1-3-8-16/h4-6,9H,1-3,7-8H2,(H,17,18)(H2,14,15,19). The normalized spacial score (nSPS) is 15.8. The molecule has 0 atom stereocenters. The van der Waals surface area contributed by atoms with Gasteiger partial charge in [0.2, 0.25) is 0 Å². The number of carbonyl (C=O) groups excluding carboxylic acids is 1. The van der Waals surface area contributed by atoms with Crippen molar-refractivity contribution in [3.8, 4) is 0 Å². The minimum atomic E-state index is -1.01. The number of rotatable bonds is 3. The maximum absolute atomic E-state index is 11.8. The number of urea groups is 1. The Labute approximate surface area is 111 Å². The van der Waals surface area contributed by atoms with Gasteiger partial charge in [0.1, 0.15) is 0 Å². The number of anilines is 1. The molecule has 6 heteroatoms. The van der Waals surface area contributed by atoms with Crippen molar-refractivity contribution in [2.24, 2.45) is 0 Å². The number of hydrogen-bond donors (Lipinski definition) is 3. The zero-order valence-electron chi connectivity index (χ0n) is 10.6. The zero-order chi connectivity index (χ0) is 13.7. The van der Waals surface area contributed by atoms with Crippen LogP contribution in [0.3, 0.4) is 0 Å². The highest BCUT2D eigenvalue weighted by atomic mass is 16.4. The van der Waals surface area contributed by atoms with Crippen molar-refractivity contribution in [2.75, 3.05) is 18.4 Å². The van der Waals surface area contributed by atoms with Crippen LogP contribution in [0, 0.1) is 0 Å². The zero-order valence-corrected chi connectivity index (χ0v) is 10.6. The predicted octanol–water partition coefficient (Wildman–Crippen LogP) is 1.91. The molecule has 1 aromatic rings. The van der Waals surface area contributed by atoms with E-state index < -0.39 is 5.97 Å². The second-order valence-corrected chi connectivity index (χ2v) is 4.50. The molecular weight excluding hydrogens is 246 g/mol. The summed E-state index contributed by atoms with van der Waals surface area (Å²) in [6.07, 6.45) is 3.35. The Bertz CT molecular complexity index is 470. The van der Waals surface area contributed by atoms with Crippen molar-refractivity contribution in [3.05, 3.63) is 29.8 Å². The topological polar surface area (TPSA) is 81.7 Å². The third-order valence-electron chi connectivity index (χ3n) is 2.98. The fourth-order valence-corrected chi connectivity index (χ4v) is 2.04. The monoisotopic (exact) mass is 263 g/mol. The van der Waals surface area contributed by atoms with Crippen LogP contribution in [0.5, 0.6) is 0 Å². The van der Waals surface area contributed by atoms with Gasteiger partial charge in [-0.15, -0.1) is 0 Å². The smallest absolute Gasteiger partial charge is 0.335 e. The molecule has 2 amide bonds. The van der Waals surface area contributed by atoms with Crippen LogP contribution in [0.4, 0.5) is 10.5 Å². The average molecular weight is 263 g/mol. The highest BCUT2D eigenvalue weighted by Crippen LogP contribution is 2.11. The Morgan fingerprint density at radius 2 is 1.89 bits per heavy atom. The van der Waals surface area contributed by atoms with Crippen LogP contribution in [0.2, 0.25) is 0 Å². The molecule has 1 heterocycles. The van der Waals surface area contributed by atoms with Crippen LogP contribution in [0.15, 0.2) is 24.3 Å². The number of carbonyl (C=O) groups is 2. The maximum atomic E-state index is 11.8. The van der Waals surface area contributed by atoms with E-state index in [1.54, 1.807) is 12.1 Å². The summed E-state index contributed by atoms with van der Waals surface area (Å²) in [7, 11) is 0. The molecule has 102 valence electrons. The van der Waals surface area contributed by atoms with Crippen LogP contribution < -0.4 is 10.7 Å². The Balaban J connectivity index is 1.90. The first kappa shape index (κ1) is 13.4. The molecule has 1 aromatic carbocycles. The van der Waals surface area contributed by atoms with Gasteiger partial charge in [0.25, 0.3) is 0 Å². The lowest BCUT2D eigenvalue weighted by molar-refractivity contribution is 0.0697. The number of aromatic carboxylic acids is 1. The van der Waals surface area contributed by atoms with Crippen LogP contribution in [0.1, 0.15) is 29.6 Å². The predicted molar refractivity (Wildman–Crippen MR) is 71.0 cm³/mol. The highest BCUT2D eigenvalue weighted by Gasteiger charge is 2.13. The van der Waals surface area contributed by atoms with Crippen molar-refractivity contribution in [1.82, 2.24) is 10.4 Å². The number of carboxylic acids is 1. The summed E-state index contributed by atoms with van der Waals surface area (Å²) < 4.78 is 0. The van der Waals surface area contributed by atoms with Crippen molar-refractivity contribution in [2.45, 2.75) is 19.3 Å². The highest BCUT2D eigenvalue weighted by molar-refractivity contribution is 5.92. The van der Waals surface area contributed by atoms with Crippen molar-refractivity contribution >= 4 is 17.7 Å². The molecule has 0 aromatic heterocycles. The van der Waals surface area contributed by atoms with Crippen LogP contribution in [-0.2, 0) is 0 Å². The number of carboxylic acid groups (broad SMARTS) is 1. The van der Waals surface area contributed by atoms with Crippen molar-refractivity contribution in [1.29, 1.82) is 0 Å². The van der Waals surface area contributed by atoms with Gasteiger partial charge in [0.05, 0.1) is 5.56 Å². The van der Waals surface area contributed by atoms with E-state index in [2.05, 4.69) is 10.7 Å². The molecule has 0 radical (unpaired) electrons. The Morgan fingerprint density at radius 1 is 1.16 bits per heavy atom. The van der Waals surface area contributed by atoms with Crippen molar-refractivity contribution < 1.29 is 14.7 Å². The van der Waals surface area contributed by atoms with E-state index in [9.17, 15) is 9.59 Å². The van der Waals surface area contributed by atoms with E-state index >= 15 is 0 Å². The number of hydrazine groups is 1. The molecule has 0 aliphatic carbocycles. The third-order valence-corrected chi connectivity index (χ3v) is 2.98. The minimum absolute atomic E-state index is 0.149. The minimum Gasteiger partial charge on any atom is -0.478 e. The lowest BCUT2D eigenvalue weighted by atomic mass is 10.2. The van der Waals surface area contributed by atoms with Crippen LogP contribution in [-0.4, -0.2) is 35.2 Å². The van der Waals surface area contributed by atoms with Gasteiger partial charge >= 0.3 is 12.0 Å². The second kappa shape index (κ2) is 6.19. The van der Waals surface area contributed by atoms with Gasteiger partial charge in [0.15, 0.2) is 0 Å². The van der Waals surface area contributed by atoms with Gasteiger partial charge in [-0.25, -0.2) is 14.6 Å². The summed E-state index contributed by atoms with van der Waals surface area (Å²) in [5.74, 6) is -1.01. The number of nitrogens with one attached hydrogen (secondary N) is 2. The van der Waals surface area contributed by atoms with Gasteiger partial charge < -0.3 is 10.4 Å². The summed E-state index contributed by atoms with van der Waals surface area (Å²) >= 11 is 0. The molecule has 1 saturated heterocycles. The molecule has 2 rings (SSSR count).